The second kappa shape index (κ2) is 6.57. The van der Waals surface area contributed by atoms with E-state index in [1.807, 2.05) is 6.92 Å². The fourth-order valence-corrected chi connectivity index (χ4v) is 1.62. The van der Waals surface area contributed by atoms with E-state index in [0.717, 1.165) is 5.56 Å². The lowest BCUT2D eigenvalue weighted by atomic mass is 10.1. The monoisotopic (exact) mass is 258 g/mol. The van der Waals surface area contributed by atoms with Gasteiger partial charge in [0.15, 0.2) is 0 Å². The van der Waals surface area contributed by atoms with Crippen LogP contribution in [0.15, 0.2) is 18.2 Å². The highest BCUT2D eigenvalue weighted by molar-refractivity contribution is 6.30. The fourth-order valence-electron chi connectivity index (χ4n) is 1.43. The summed E-state index contributed by atoms with van der Waals surface area (Å²) in [5.74, 6) is -0.435. The second-order valence-corrected chi connectivity index (χ2v) is 4.18. The number of carbonyl (C=O) groups excluding carboxylic acids is 1. The molecule has 0 saturated carbocycles. The summed E-state index contributed by atoms with van der Waals surface area (Å²) in [6.45, 7) is 2.50. The van der Waals surface area contributed by atoms with E-state index >= 15 is 0 Å². The van der Waals surface area contributed by atoms with Crippen LogP contribution in [0.1, 0.15) is 24.9 Å². The molecule has 0 aromatic heterocycles. The minimum absolute atomic E-state index is 0.0122. The average Bonchev–Trinajstić information content (AvgIpc) is 2.32. The molecular weight excluding hydrogens is 243 g/mol. The lowest BCUT2D eigenvalue weighted by Crippen LogP contribution is -2.26. The molecule has 0 aliphatic rings. The molecule has 0 fully saturated rings. The predicted molar refractivity (Wildman–Crippen MR) is 66.5 cm³/mol. The van der Waals surface area contributed by atoms with Crippen molar-refractivity contribution in [1.29, 1.82) is 0 Å². The Balaban J connectivity index is 2.49. The van der Waals surface area contributed by atoms with E-state index < -0.39 is 5.82 Å². The molecule has 0 heterocycles. The van der Waals surface area contributed by atoms with E-state index in [1.165, 1.54) is 6.07 Å². The van der Waals surface area contributed by atoms with Crippen molar-refractivity contribution in [2.75, 3.05) is 13.6 Å². The van der Waals surface area contributed by atoms with Crippen molar-refractivity contribution >= 4 is 17.5 Å². The highest BCUT2D eigenvalue weighted by Crippen LogP contribution is 2.20. The maximum atomic E-state index is 13.0. The Kier molecular flexibility index (Phi) is 5.38. The lowest BCUT2D eigenvalue weighted by Gasteiger charge is -2.14. The van der Waals surface area contributed by atoms with Crippen molar-refractivity contribution in [2.45, 2.75) is 19.4 Å². The zero-order valence-corrected chi connectivity index (χ0v) is 10.6. The lowest BCUT2D eigenvalue weighted by molar-refractivity contribution is -0.120. The van der Waals surface area contributed by atoms with E-state index in [4.69, 9.17) is 11.6 Å². The molecular formula is C12H16ClFN2O. The van der Waals surface area contributed by atoms with Gasteiger partial charge in [-0.1, -0.05) is 17.7 Å². The van der Waals surface area contributed by atoms with Crippen molar-refractivity contribution in [1.82, 2.24) is 10.6 Å². The summed E-state index contributed by atoms with van der Waals surface area (Å²) < 4.78 is 13.0. The van der Waals surface area contributed by atoms with Gasteiger partial charge < -0.3 is 10.6 Å². The summed E-state index contributed by atoms with van der Waals surface area (Å²) >= 11 is 5.70. The summed E-state index contributed by atoms with van der Waals surface area (Å²) in [4.78, 5) is 11.0. The van der Waals surface area contributed by atoms with Gasteiger partial charge in [0, 0.05) is 26.1 Å². The summed E-state index contributed by atoms with van der Waals surface area (Å²) in [5.41, 5.74) is 0.897. The van der Waals surface area contributed by atoms with Gasteiger partial charge in [0.25, 0.3) is 0 Å². The molecule has 1 amide bonds. The maximum absolute atomic E-state index is 13.0. The number of carbonyl (C=O) groups is 1. The van der Waals surface area contributed by atoms with Crippen LogP contribution in [-0.2, 0) is 4.79 Å². The van der Waals surface area contributed by atoms with E-state index in [1.54, 1.807) is 19.2 Å². The normalized spacial score (nSPS) is 12.2. The van der Waals surface area contributed by atoms with Crippen molar-refractivity contribution in [3.8, 4) is 0 Å². The SMILES string of the molecule is CNC(=O)CCNC(C)c1ccc(F)c(Cl)c1. The zero-order chi connectivity index (χ0) is 12.8. The van der Waals surface area contributed by atoms with Crippen LogP contribution in [0.25, 0.3) is 0 Å². The summed E-state index contributed by atoms with van der Waals surface area (Å²) in [5, 5.41) is 5.83. The molecule has 0 saturated heterocycles. The molecule has 3 nitrogen and oxygen atoms in total. The van der Waals surface area contributed by atoms with Gasteiger partial charge in [-0.25, -0.2) is 4.39 Å². The summed E-state index contributed by atoms with van der Waals surface area (Å²) in [6, 6.07) is 4.64. The topological polar surface area (TPSA) is 41.1 Å². The minimum atomic E-state index is -0.423. The highest BCUT2D eigenvalue weighted by Gasteiger charge is 2.08. The maximum Gasteiger partial charge on any atom is 0.221 e. The summed E-state index contributed by atoms with van der Waals surface area (Å²) in [7, 11) is 1.60. The summed E-state index contributed by atoms with van der Waals surface area (Å²) in [6.07, 6.45) is 0.412. The molecule has 1 rings (SSSR count). The predicted octanol–water partition coefficient (Wildman–Crippen LogP) is 2.27. The minimum Gasteiger partial charge on any atom is -0.359 e. The molecule has 17 heavy (non-hydrogen) atoms. The number of hydrogen-bond acceptors (Lipinski definition) is 2. The molecule has 0 bridgehead atoms. The Morgan fingerprint density at radius 1 is 1.53 bits per heavy atom. The van der Waals surface area contributed by atoms with Gasteiger partial charge in [-0.05, 0) is 24.6 Å². The third kappa shape index (κ3) is 4.32. The van der Waals surface area contributed by atoms with Crippen LogP contribution in [-0.4, -0.2) is 19.5 Å². The van der Waals surface area contributed by atoms with Crippen LogP contribution < -0.4 is 10.6 Å². The first-order valence-electron chi connectivity index (χ1n) is 5.43. The first-order chi connectivity index (χ1) is 8.04. The van der Waals surface area contributed by atoms with Gasteiger partial charge >= 0.3 is 0 Å². The van der Waals surface area contributed by atoms with Gasteiger partial charge in [-0.15, -0.1) is 0 Å². The molecule has 1 unspecified atom stereocenters. The molecule has 5 heteroatoms. The molecule has 1 aromatic carbocycles. The van der Waals surface area contributed by atoms with Gasteiger partial charge in [-0.2, -0.15) is 0 Å². The molecule has 1 atom stereocenters. The Labute approximate surface area is 105 Å². The van der Waals surface area contributed by atoms with Crippen LogP contribution in [0.5, 0.6) is 0 Å². The Morgan fingerprint density at radius 3 is 2.82 bits per heavy atom. The Hall–Kier alpha value is -1.13. The third-order valence-corrected chi connectivity index (χ3v) is 2.81. The molecule has 0 aliphatic carbocycles. The van der Waals surface area contributed by atoms with Gasteiger partial charge in [0.1, 0.15) is 5.82 Å². The van der Waals surface area contributed by atoms with E-state index in [2.05, 4.69) is 10.6 Å². The molecule has 2 N–H and O–H groups in total. The van der Waals surface area contributed by atoms with Crippen molar-refractivity contribution in [2.24, 2.45) is 0 Å². The first-order valence-corrected chi connectivity index (χ1v) is 5.81. The van der Waals surface area contributed by atoms with E-state index in [0.29, 0.717) is 13.0 Å². The largest absolute Gasteiger partial charge is 0.359 e. The van der Waals surface area contributed by atoms with Gasteiger partial charge in [0.2, 0.25) is 5.91 Å². The molecule has 0 aliphatic heterocycles. The van der Waals surface area contributed by atoms with Crippen molar-refractivity contribution in [3.63, 3.8) is 0 Å². The number of rotatable bonds is 5. The number of halogens is 2. The van der Waals surface area contributed by atoms with Gasteiger partial charge in [-0.3, -0.25) is 4.79 Å². The van der Waals surface area contributed by atoms with Crippen LogP contribution in [0, 0.1) is 5.82 Å². The quantitative estimate of drug-likeness (QED) is 0.851. The first kappa shape index (κ1) is 13.9. The van der Waals surface area contributed by atoms with Crippen LogP contribution >= 0.6 is 11.6 Å². The van der Waals surface area contributed by atoms with Crippen LogP contribution in [0.2, 0.25) is 5.02 Å². The average molecular weight is 259 g/mol. The van der Waals surface area contributed by atoms with Crippen LogP contribution in [0.4, 0.5) is 4.39 Å². The van der Waals surface area contributed by atoms with Gasteiger partial charge in [0.05, 0.1) is 5.02 Å². The molecule has 1 aromatic rings. The molecule has 0 radical (unpaired) electrons. The Bertz CT molecular complexity index is 398. The number of hydrogen-bond donors (Lipinski definition) is 2. The third-order valence-electron chi connectivity index (χ3n) is 2.53. The standard InChI is InChI=1S/C12H16ClFN2O/c1-8(16-6-5-12(17)15-2)9-3-4-11(14)10(13)7-9/h3-4,7-8,16H,5-6H2,1-2H3,(H,15,17). The number of benzene rings is 1. The zero-order valence-electron chi connectivity index (χ0n) is 9.89. The molecule has 94 valence electrons. The fraction of sp³-hybridized carbons (Fsp3) is 0.417. The number of amides is 1. The van der Waals surface area contributed by atoms with E-state index in [9.17, 15) is 9.18 Å². The highest BCUT2D eigenvalue weighted by atomic mass is 35.5. The van der Waals surface area contributed by atoms with E-state index in [-0.39, 0.29) is 17.0 Å². The smallest absolute Gasteiger partial charge is 0.221 e. The second-order valence-electron chi connectivity index (χ2n) is 3.77. The molecule has 0 spiro atoms. The Morgan fingerprint density at radius 2 is 2.24 bits per heavy atom. The van der Waals surface area contributed by atoms with Crippen molar-refractivity contribution < 1.29 is 9.18 Å². The van der Waals surface area contributed by atoms with Crippen LogP contribution in [0.3, 0.4) is 0 Å². The number of nitrogens with one attached hydrogen (secondary N) is 2. The van der Waals surface area contributed by atoms with Crippen molar-refractivity contribution in [3.05, 3.63) is 34.6 Å².